The number of nitro groups is 1. The normalized spacial score (nSPS) is 10.6. The predicted molar refractivity (Wildman–Crippen MR) is 84.2 cm³/mol. The predicted octanol–water partition coefficient (Wildman–Crippen LogP) is 4.52. The summed E-state index contributed by atoms with van der Waals surface area (Å²) >= 11 is 11.7. The number of ether oxygens (including phenoxy) is 1. The second kappa shape index (κ2) is 7.06. The highest BCUT2D eigenvalue weighted by molar-refractivity contribution is 6.34. The average molecular weight is 338 g/mol. The lowest BCUT2D eigenvalue weighted by molar-refractivity contribution is -0.384. The Morgan fingerprint density at radius 1 is 1.18 bits per heavy atom. The maximum absolute atomic E-state index is 11.7. The van der Waals surface area contributed by atoms with Crippen LogP contribution >= 0.6 is 23.2 Å². The molecule has 2 aromatic rings. The van der Waals surface area contributed by atoms with Crippen molar-refractivity contribution in [2.24, 2.45) is 0 Å². The molecule has 0 bridgehead atoms. The Kier molecular flexibility index (Phi) is 5.14. The van der Waals surface area contributed by atoms with E-state index in [1.807, 2.05) is 0 Å². The second-order valence-corrected chi connectivity index (χ2v) is 5.02. The Balaban J connectivity index is 2.10. The van der Waals surface area contributed by atoms with E-state index in [-0.39, 0.29) is 16.5 Å². The molecule has 0 aliphatic rings. The zero-order chi connectivity index (χ0) is 16.1. The summed E-state index contributed by atoms with van der Waals surface area (Å²) in [5.74, 6) is -0.529. The van der Waals surface area contributed by atoms with E-state index in [1.54, 1.807) is 12.1 Å². The summed E-state index contributed by atoms with van der Waals surface area (Å²) < 4.78 is 5.05. The number of non-ortho nitro benzene ring substituents is 1. The van der Waals surface area contributed by atoms with Gasteiger partial charge in [0.15, 0.2) is 5.75 Å². The molecule has 0 fully saturated rings. The van der Waals surface area contributed by atoms with E-state index in [0.29, 0.717) is 10.6 Å². The molecule has 7 heteroatoms. The van der Waals surface area contributed by atoms with Gasteiger partial charge in [-0.25, -0.2) is 4.79 Å². The van der Waals surface area contributed by atoms with Crippen molar-refractivity contribution in [1.29, 1.82) is 0 Å². The lowest BCUT2D eigenvalue weighted by Gasteiger charge is -2.04. The van der Waals surface area contributed by atoms with Gasteiger partial charge in [-0.05, 0) is 23.8 Å². The van der Waals surface area contributed by atoms with E-state index in [9.17, 15) is 14.9 Å². The number of benzene rings is 2. The zero-order valence-corrected chi connectivity index (χ0v) is 12.5. The molecule has 2 aromatic carbocycles. The van der Waals surface area contributed by atoms with E-state index in [0.717, 1.165) is 6.08 Å². The molecule has 22 heavy (non-hydrogen) atoms. The summed E-state index contributed by atoms with van der Waals surface area (Å²) in [5, 5.41) is 11.3. The fourth-order valence-electron chi connectivity index (χ4n) is 1.60. The highest BCUT2D eigenvalue weighted by atomic mass is 35.5. The SMILES string of the molecule is O=C(/C=C/c1cccc([N+](=O)[O-])c1)Oc1cc(Cl)ccc1Cl. The van der Waals surface area contributed by atoms with Crippen LogP contribution in [0.2, 0.25) is 10.0 Å². The first kappa shape index (κ1) is 16.0. The third kappa shape index (κ3) is 4.31. The van der Waals surface area contributed by atoms with Crippen LogP contribution in [-0.4, -0.2) is 10.9 Å². The number of hydrogen-bond acceptors (Lipinski definition) is 4. The number of carbonyl (C=O) groups is 1. The van der Waals surface area contributed by atoms with Gasteiger partial charge in [0.25, 0.3) is 5.69 Å². The fraction of sp³-hybridized carbons (Fsp3) is 0. The number of hydrogen-bond donors (Lipinski definition) is 0. The minimum atomic E-state index is -0.671. The number of halogens is 2. The lowest BCUT2D eigenvalue weighted by atomic mass is 10.2. The van der Waals surface area contributed by atoms with E-state index < -0.39 is 10.9 Å². The van der Waals surface area contributed by atoms with Crippen LogP contribution in [0.15, 0.2) is 48.5 Å². The molecule has 0 N–H and O–H groups in total. The van der Waals surface area contributed by atoms with Crippen molar-refractivity contribution in [1.82, 2.24) is 0 Å². The van der Waals surface area contributed by atoms with Crippen LogP contribution in [0.3, 0.4) is 0 Å². The molecular weight excluding hydrogens is 329 g/mol. The van der Waals surface area contributed by atoms with Crippen molar-refractivity contribution < 1.29 is 14.5 Å². The number of rotatable bonds is 4. The van der Waals surface area contributed by atoms with Crippen molar-refractivity contribution in [3.63, 3.8) is 0 Å². The Morgan fingerprint density at radius 2 is 1.95 bits per heavy atom. The van der Waals surface area contributed by atoms with Crippen LogP contribution in [0.4, 0.5) is 5.69 Å². The first-order valence-corrected chi connectivity index (χ1v) is 6.81. The van der Waals surface area contributed by atoms with Crippen molar-refractivity contribution in [3.8, 4) is 5.75 Å². The van der Waals surface area contributed by atoms with Crippen LogP contribution < -0.4 is 4.74 Å². The van der Waals surface area contributed by atoms with E-state index in [2.05, 4.69) is 0 Å². The molecule has 2 rings (SSSR count). The second-order valence-electron chi connectivity index (χ2n) is 4.18. The quantitative estimate of drug-likeness (QED) is 0.270. The van der Waals surface area contributed by atoms with Gasteiger partial charge >= 0.3 is 5.97 Å². The third-order valence-electron chi connectivity index (χ3n) is 2.60. The van der Waals surface area contributed by atoms with Gasteiger partial charge in [0.05, 0.1) is 9.95 Å². The number of carbonyl (C=O) groups excluding carboxylic acids is 1. The van der Waals surface area contributed by atoms with Gasteiger partial charge in [0.1, 0.15) is 0 Å². The molecule has 0 aromatic heterocycles. The van der Waals surface area contributed by atoms with Crippen molar-refractivity contribution in [2.75, 3.05) is 0 Å². The molecule has 0 radical (unpaired) electrons. The molecule has 0 unspecified atom stereocenters. The van der Waals surface area contributed by atoms with Crippen molar-refractivity contribution in [2.45, 2.75) is 0 Å². The van der Waals surface area contributed by atoms with Gasteiger partial charge in [-0.3, -0.25) is 10.1 Å². The molecule has 112 valence electrons. The first-order chi connectivity index (χ1) is 10.5. The molecule has 5 nitrogen and oxygen atoms in total. The van der Waals surface area contributed by atoms with Gasteiger partial charge in [-0.15, -0.1) is 0 Å². The molecule has 0 spiro atoms. The van der Waals surface area contributed by atoms with Gasteiger partial charge < -0.3 is 4.74 Å². The summed E-state index contributed by atoms with van der Waals surface area (Å²) in [5.41, 5.74) is 0.441. The van der Waals surface area contributed by atoms with Gasteiger partial charge in [0, 0.05) is 29.3 Å². The monoisotopic (exact) mass is 337 g/mol. The Morgan fingerprint density at radius 3 is 2.68 bits per heavy atom. The molecule has 0 atom stereocenters. The smallest absolute Gasteiger partial charge is 0.336 e. The Bertz CT molecular complexity index is 759. The number of nitrogens with zero attached hydrogens (tertiary/aromatic N) is 1. The van der Waals surface area contributed by atoms with Gasteiger partial charge in [0.2, 0.25) is 0 Å². The third-order valence-corrected chi connectivity index (χ3v) is 3.14. The van der Waals surface area contributed by atoms with Crippen LogP contribution in [0.1, 0.15) is 5.56 Å². The minimum absolute atomic E-state index is 0.0617. The van der Waals surface area contributed by atoms with Crippen molar-refractivity contribution >= 4 is 40.9 Å². The van der Waals surface area contributed by atoms with Gasteiger partial charge in [-0.1, -0.05) is 35.3 Å². The maximum Gasteiger partial charge on any atom is 0.336 e. The van der Waals surface area contributed by atoms with E-state index in [1.165, 1.54) is 36.4 Å². The molecule has 0 aliphatic carbocycles. The van der Waals surface area contributed by atoms with E-state index >= 15 is 0 Å². The van der Waals surface area contributed by atoms with Crippen LogP contribution in [0.5, 0.6) is 5.75 Å². The molecule has 0 aliphatic heterocycles. The first-order valence-electron chi connectivity index (χ1n) is 6.05. The van der Waals surface area contributed by atoms with Gasteiger partial charge in [-0.2, -0.15) is 0 Å². The van der Waals surface area contributed by atoms with Crippen LogP contribution in [0, 0.1) is 10.1 Å². The summed E-state index contributed by atoms with van der Waals surface area (Å²) in [6.45, 7) is 0. The molecule has 0 heterocycles. The van der Waals surface area contributed by atoms with E-state index in [4.69, 9.17) is 27.9 Å². The maximum atomic E-state index is 11.7. The highest BCUT2D eigenvalue weighted by Gasteiger charge is 2.07. The topological polar surface area (TPSA) is 69.4 Å². The zero-order valence-electron chi connectivity index (χ0n) is 11.0. The lowest BCUT2D eigenvalue weighted by Crippen LogP contribution is -2.04. The molecule has 0 amide bonds. The average Bonchev–Trinajstić information content (AvgIpc) is 2.49. The standard InChI is InChI=1S/C15H9Cl2NO4/c16-11-5-6-13(17)14(9-11)22-15(19)7-4-10-2-1-3-12(8-10)18(20)21/h1-9H/b7-4+. The summed E-state index contributed by atoms with van der Waals surface area (Å²) in [4.78, 5) is 21.9. The largest absolute Gasteiger partial charge is 0.422 e. The number of nitro benzene ring substituents is 1. The molecular formula is C15H9Cl2NO4. The summed E-state index contributed by atoms with van der Waals surface area (Å²) in [7, 11) is 0. The summed E-state index contributed by atoms with van der Waals surface area (Å²) in [6.07, 6.45) is 2.56. The van der Waals surface area contributed by atoms with Crippen LogP contribution in [-0.2, 0) is 4.79 Å². The highest BCUT2D eigenvalue weighted by Crippen LogP contribution is 2.27. The Labute approximate surface area is 135 Å². The van der Waals surface area contributed by atoms with Crippen molar-refractivity contribution in [3.05, 3.63) is 74.3 Å². The minimum Gasteiger partial charge on any atom is -0.422 e. The molecule has 0 saturated heterocycles. The Hall–Kier alpha value is -2.37. The number of esters is 1. The fourth-order valence-corrected chi connectivity index (χ4v) is 1.92. The van der Waals surface area contributed by atoms with Crippen LogP contribution in [0.25, 0.3) is 6.08 Å². The summed E-state index contributed by atoms with van der Waals surface area (Å²) in [6, 6.07) is 10.4. The molecule has 0 saturated carbocycles.